The summed E-state index contributed by atoms with van der Waals surface area (Å²) in [7, 11) is 0. The van der Waals surface area contributed by atoms with Crippen molar-refractivity contribution in [3.05, 3.63) is 0 Å². The standard InChI is InChI=1S/C4H8O2.2Na/c1-3-4(2,5)6;;/h3H2,1-2H3;;/q-2;2*+1. The minimum absolute atomic E-state index is 0. The molecule has 0 heterocycles. The molecule has 0 amide bonds. The molecule has 0 spiro atoms. The van der Waals surface area contributed by atoms with Crippen LogP contribution >= 0.6 is 0 Å². The van der Waals surface area contributed by atoms with Gasteiger partial charge in [0.1, 0.15) is 0 Å². The number of rotatable bonds is 1. The fourth-order valence-corrected chi connectivity index (χ4v) is 0. The Balaban J connectivity index is -0.000000125. The summed E-state index contributed by atoms with van der Waals surface area (Å²) in [5, 5.41) is 19.8. The summed E-state index contributed by atoms with van der Waals surface area (Å²) in [6.07, 6.45) is 0.160. The first kappa shape index (κ1) is 16.5. The maximum absolute atomic E-state index is 9.92. The molecule has 2 nitrogen and oxygen atoms in total. The zero-order valence-electron chi connectivity index (χ0n) is 6.02. The molecule has 38 valence electrons. The molecule has 0 aliphatic rings. The topological polar surface area (TPSA) is 46.1 Å². The van der Waals surface area contributed by atoms with E-state index in [1.807, 2.05) is 0 Å². The second kappa shape index (κ2) is 7.03. The van der Waals surface area contributed by atoms with E-state index in [4.69, 9.17) is 0 Å². The van der Waals surface area contributed by atoms with Crippen LogP contribution in [0.1, 0.15) is 20.3 Å². The van der Waals surface area contributed by atoms with Crippen molar-refractivity contribution < 1.29 is 69.3 Å². The zero-order chi connectivity index (χ0) is 5.21. The third kappa shape index (κ3) is 15.7. The number of hydrogen-bond acceptors (Lipinski definition) is 2. The van der Waals surface area contributed by atoms with Crippen LogP contribution < -0.4 is 69.3 Å². The van der Waals surface area contributed by atoms with Crippen LogP contribution in [-0.4, -0.2) is 5.79 Å². The molecule has 0 aliphatic heterocycles. The predicted octanol–water partition coefficient (Wildman–Crippen LogP) is -7.16. The van der Waals surface area contributed by atoms with Gasteiger partial charge in [0.25, 0.3) is 0 Å². The molecule has 8 heavy (non-hydrogen) atoms. The molecular weight excluding hydrogens is 126 g/mol. The van der Waals surface area contributed by atoms with Crippen molar-refractivity contribution in [2.45, 2.75) is 26.1 Å². The minimum Gasteiger partial charge on any atom is -0.863 e. The fourth-order valence-electron chi connectivity index (χ4n) is 0. The Labute approximate surface area is 94.2 Å². The summed E-state index contributed by atoms with van der Waals surface area (Å²) in [4.78, 5) is 0. The molecule has 0 aromatic heterocycles. The molecule has 0 bridgehead atoms. The van der Waals surface area contributed by atoms with Crippen molar-refractivity contribution in [3.8, 4) is 0 Å². The molecule has 4 heteroatoms. The molecule has 0 atom stereocenters. The van der Waals surface area contributed by atoms with Gasteiger partial charge in [-0.15, -0.1) is 0 Å². The molecule has 0 N–H and O–H groups in total. The van der Waals surface area contributed by atoms with Crippen LogP contribution in [0.3, 0.4) is 0 Å². The Morgan fingerprint density at radius 1 is 1.25 bits per heavy atom. The molecule has 0 rings (SSSR count). The van der Waals surface area contributed by atoms with E-state index >= 15 is 0 Å². The van der Waals surface area contributed by atoms with E-state index in [-0.39, 0.29) is 65.5 Å². The van der Waals surface area contributed by atoms with Crippen LogP contribution in [-0.2, 0) is 0 Å². The van der Waals surface area contributed by atoms with E-state index in [1.54, 1.807) is 6.92 Å². The molecule has 0 aromatic carbocycles. The van der Waals surface area contributed by atoms with Gasteiger partial charge in [-0.1, -0.05) is 20.3 Å². The van der Waals surface area contributed by atoms with Crippen LogP contribution in [0.25, 0.3) is 0 Å². The molecule has 0 saturated heterocycles. The van der Waals surface area contributed by atoms with Crippen LogP contribution in [0.4, 0.5) is 0 Å². The van der Waals surface area contributed by atoms with E-state index < -0.39 is 5.79 Å². The number of hydrogen-bond donors (Lipinski definition) is 0. The van der Waals surface area contributed by atoms with Gasteiger partial charge in [-0.3, -0.25) is 0 Å². The van der Waals surface area contributed by atoms with E-state index in [0.717, 1.165) is 6.92 Å². The third-order valence-corrected chi connectivity index (χ3v) is 0.642. The summed E-state index contributed by atoms with van der Waals surface area (Å²) in [5.41, 5.74) is 0. The van der Waals surface area contributed by atoms with Crippen LogP contribution in [0.5, 0.6) is 0 Å². The van der Waals surface area contributed by atoms with E-state index in [1.165, 1.54) is 0 Å². The van der Waals surface area contributed by atoms with E-state index in [2.05, 4.69) is 0 Å². The Kier molecular flexibility index (Phi) is 14.5. The second-order valence-corrected chi connectivity index (χ2v) is 1.49. The third-order valence-electron chi connectivity index (χ3n) is 0.642. The van der Waals surface area contributed by atoms with Gasteiger partial charge in [0.15, 0.2) is 0 Å². The molecular formula is C4H8Na2O2. The molecule has 0 aliphatic carbocycles. The van der Waals surface area contributed by atoms with Gasteiger partial charge in [-0.05, 0) is 0 Å². The molecule has 0 unspecified atom stereocenters. The first-order valence-electron chi connectivity index (χ1n) is 1.97. The van der Waals surface area contributed by atoms with Crippen LogP contribution in [0.2, 0.25) is 0 Å². The van der Waals surface area contributed by atoms with Gasteiger partial charge in [0, 0.05) is 0 Å². The van der Waals surface area contributed by atoms with Gasteiger partial charge >= 0.3 is 59.1 Å². The van der Waals surface area contributed by atoms with Gasteiger partial charge in [0.05, 0.1) is 0 Å². The van der Waals surface area contributed by atoms with Crippen molar-refractivity contribution in [1.82, 2.24) is 0 Å². The average Bonchev–Trinajstić information content (AvgIpc) is 1.35. The van der Waals surface area contributed by atoms with Crippen molar-refractivity contribution in [2.24, 2.45) is 0 Å². The van der Waals surface area contributed by atoms with Crippen LogP contribution in [0, 0.1) is 0 Å². The Bertz CT molecular complexity index is 41.8. The maximum Gasteiger partial charge on any atom is 1.00 e. The molecule has 0 aromatic rings. The zero-order valence-corrected chi connectivity index (χ0v) is 10.0. The van der Waals surface area contributed by atoms with E-state index in [0.29, 0.717) is 0 Å². The average molecular weight is 134 g/mol. The van der Waals surface area contributed by atoms with E-state index in [9.17, 15) is 10.2 Å². The SMILES string of the molecule is CCC(C)([O-])[O-].[Na+].[Na+]. The Morgan fingerprint density at radius 2 is 1.38 bits per heavy atom. The molecule has 0 radical (unpaired) electrons. The van der Waals surface area contributed by atoms with Crippen molar-refractivity contribution in [2.75, 3.05) is 0 Å². The van der Waals surface area contributed by atoms with Gasteiger partial charge < -0.3 is 10.2 Å². The minimum atomic E-state index is -1.96. The predicted molar refractivity (Wildman–Crippen MR) is 18.7 cm³/mol. The maximum atomic E-state index is 9.92. The van der Waals surface area contributed by atoms with Crippen molar-refractivity contribution >= 4 is 0 Å². The summed E-state index contributed by atoms with van der Waals surface area (Å²) in [6, 6.07) is 0. The summed E-state index contributed by atoms with van der Waals surface area (Å²) in [5.74, 6) is -1.96. The second-order valence-electron chi connectivity index (χ2n) is 1.49. The molecule has 0 fully saturated rings. The normalized spacial score (nSPS) is 9.00. The Hall–Kier alpha value is 1.92. The monoisotopic (exact) mass is 134 g/mol. The largest absolute Gasteiger partial charge is 1.00 e. The van der Waals surface area contributed by atoms with Crippen LogP contribution in [0.15, 0.2) is 0 Å². The van der Waals surface area contributed by atoms with Crippen molar-refractivity contribution in [1.29, 1.82) is 0 Å². The molecule has 0 saturated carbocycles. The fraction of sp³-hybridized carbons (Fsp3) is 1.00. The quantitative estimate of drug-likeness (QED) is 0.264. The van der Waals surface area contributed by atoms with Crippen molar-refractivity contribution in [3.63, 3.8) is 0 Å². The Morgan fingerprint density at radius 3 is 1.38 bits per heavy atom. The smallest absolute Gasteiger partial charge is 0.863 e. The first-order chi connectivity index (χ1) is 2.56. The van der Waals surface area contributed by atoms with Gasteiger partial charge in [-0.2, -0.15) is 0 Å². The van der Waals surface area contributed by atoms with Gasteiger partial charge in [-0.25, -0.2) is 5.79 Å². The summed E-state index contributed by atoms with van der Waals surface area (Å²) >= 11 is 0. The summed E-state index contributed by atoms with van der Waals surface area (Å²) in [6.45, 7) is 2.72. The first-order valence-corrected chi connectivity index (χ1v) is 1.97. The van der Waals surface area contributed by atoms with Gasteiger partial charge in [0.2, 0.25) is 0 Å². The summed E-state index contributed by atoms with van der Waals surface area (Å²) < 4.78 is 0.